The summed E-state index contributed by atoms with van der Waals surface area (Å²) in [5, 5.41) is 5.40. The van der Waals surface area contributed by atoms with Gasteiger partial charge in [-0.15, -0.1) is 0 Å². The Bertz CT molecular complexity index is 1080. The predicted molar refractivity (Wildman–Crippen MR) is 105 cm³/mol. The van der Waals surface area contributed by atoms with Crippen LogP contribution in [0.1, 0.15) is 31.6 Å². The summed E-state index contributed by atoms with van der Waals surface area (Å²) >= 11 is 6.27. The molecule has 1 aromatic carbocycles. The lowest BCUT2D eigenvalue weighted by molar-refractivity contribution is 0.289. The van der Waals surface area contributed by atoms with E-state index in [4.69, 9.17) is 22.4 Å². The lowest BCUT2D eigenvalue weighted by Crippen LogP contribution is -2.22. The molecule has 5 rings (SSSR count). The number of pyridine rings is 1. The zero-order valence-electron chi connectivity index (χ0n) is 14.4. The van der Waals surface area contributed by atoms with E-state index in [0.717, 1.165) is 39.6 Å². The summed E-state index contributed by atoms with van der Waals surface area (Å²) in [4.78, 5) is 13.9. The van der Waals surface area contributed by atoms with Gasteiger partial charge in [-0.1, -0.05) is 11.6 Å². The molecule has 0 spiro atoms. The molecule has 0 amide bonds. The number of fused-ring (bicyclic) bond motifs is 4. The Morgan fingerprint density at radius 1 is 1.38 bits per heavy atom. The lowest BCUT2D eigenvalue weighted by atomic mass is 9.92. The zero-order chi connectivity index (χ0) is 17.8. The average Bonchev–Trinajstić information content (AvgIpc) is 3.12. The summed E-state index contributed by atoms with van der Waals surface area (Å²) in [5.74, 6) is 7.92. The normalized spacial score (nSPS) is 25.0. The molecule has 2 aliphatic carbocycles. The van der Waals surface area contributed by atoms with Crippen LogP contribution in [0.5, 0.6) is 0 Å². The molecular formula is C19H19ClN6. The van der Waals surface area contributed by atoms with Gasteiger partial charge >= 0.3 is 0 Å². The van der Waals surface area contributed by atoms with E-state index in [2.05, 4.69) is 19.6 Å². The van der Waals surface area contributed by atoms with Gasteiger partial charge in [0, 0.05) is 22.7 Å². The van der Waals surface area contributed by atoms with Gasteiger partial charge in [0.15, 0.2) is 0 Å². The van der Waals surface area contributed by atoms with Gasteiger partial charge < -0.3 is 10.4 Å². The maximum Gasteiger partial charge on any atom is 0.131 e. The van der Waals surface area contributed by atoms with E-state index >= 15 is 0 Å². The first-order valence-electron chi connectivity index (χ1n) is 8.85. The maximum atomic E-state index is 6.27. The third-order valence-electron chi connectivity index (χ3n) is 5.61. The van der Waals surface area contributed by atoms with Crippen LogP contribution >= 0.6 is 11.6 Å². The Labute approximate surface area is 155 Å². The number of aromatic nitrogens is 3. The molecule has 2 aromatic heterocycles. The van der Waals surface area contributed by atoms with Crippen molar-refractivity contribution in [2.45, 2.75) is 32.4 Å². The number of hydrogen-bond acceptors (Lipinski definition) is 5. The van der Waals surface area contributed by atoms with Crippen molar-refractivity contribution in [3.05, 3.63) is 35.2 Å². The number of hydrogen-bond donors (Lipinski definition) is 1. The van der Waals surface area contributed by atoms with Crippen molar-refractivity contribution in [1.82, 2.24) is 14.5 Å². The predicted octanol–water partition coefficient (Wildman–Crippen LogP) is 3.72. The van der Waals surface area contributed by atoms with Crippen LogP contribution in [0, 0.1) is 11.8 Å². The van der Waals surface area contributed by atoms with Crippen LogP contribution in [-0.2, 0) is 6.54 Å². The van der Waals surface area contributed by atoms with Crippen molar-refractivity contribution in [2.24, 2.45) is 27.8 Å². The molecule has 1 unspecified atom stereocenters. The van der Waals surface area contributed by atoms with E-state index in [1.807, 2.05) is 31.3 Å². The highest BCUT2D eigenvalue weighted by Gasteiger charge is 2.55. The van der Waals surface area contributed by atoms with Gasteiger partial charge in [-0.25, -0.2) is 4.98 Å². The number of imidazole rings is 1. The van der Waals surface area contributed by atoms with Crippen molar-refractivity contribution in [3.8, 4) is 0 Å². The highest BCUT2D eigenvalue weighted by Crippen LogP contribution is 2.63. The Kier molecular flexibility index (Phi) is 3.50. The number of halogens is 1. The topological polar surface area (TPSA) is 81.5 Å². The SMILES string of the molecule is CC(C=NCc1nc2cnc3ccc(Cl)cc3c2n1[C@@H]1C[C@H]2CC21)=NN. The first kappa shape index (κ1) is 15.8. The summed E-state index contributed by atoms with van der Waals surface area (Å²) in [7, 11) is 0. The third kappa shape index (κ3) is 2.40. The van der Waals surface area contributed by atoms with Crippen LogP contribution in [-0.4, -0.2) is 26.5 Å². The molecule has 2 saturated carbocycles. The lowest BCUT2D eigenvalue weighted by Gasteiger charge is -2.28. The van der Waals surface area contributed by atoms with Gasteiger partial charge in [-0.05, 0) is 49.8 Å². The Morgan fingerprint density at radius 2 is 2.27 bits per heavy atom. The summed E-state index contributed by atoms with van der Waals surface area (Å²) in [5.41, 5.74) is 3.66. The largest absolute Gasteiger partial charge is 0.323 e. The van der Waals surface area contributed by atoms with Crippen molar-refractivity contribution in [3.63, 3.8) is 0 Å². The highest BCUT2D eigenvalue weighted by molar-refractivity contribution is 6.31. The van der Waals surface area contributed by atoms with Crippen molar-refractivity contribution < 1.29 is 0 Å². The first-order chi connectivity index (χ1) is 12.7. The number of hydrazone groups is 1. The second-order valence-corrected chi connectivity index (χ2v) is 7.69. The zero-order valence-corrected chi connectivity index (χ0v) is 15.2. The van der Waals surface area contributed by atoms with E-state index in [0.29, 0.717) is 23.3 Å². The molecule has 2 heterocycles. The van der Waals surface area contributed by atoms with E-state index in [9.17, 15) is 0 Å². The first-order valence-corrected chi connectivity index (χ1v) is 9.23. The molecule has 0 bridgehead atoms. The number of nitrogens with two attached hydrogens (primary N) is 1. The fourth-order valence-corrected chi connectivity index (χ4v) is 4.33. The highest BCUT2D eigenvalue weighted by atomic mass is 35.5. The number of aliphatic imine (C=N–C) groups is 1. The Morgan fingerprint density at radius 3 is 3.00 bits per heavy atom. The molecule has 7 heteroatoms. The summed E-state index contributed by atoms with van der Waals surface area (Å²) in [6.07, 6.45) is 6.10. The molecular weight excluding hydrogens is 348 g/mol. The molecule has 3 atom stereocenters. The molecule has 26 heavy (non-hydrogen) atoms. The summed E-state index contributed by atoms with van der Waals surface area (Å²) in [6.45, 7) is 2.32. The molecule has 6 nitrogen and oxygen atoms in total. The molecule has 2 N–H and O–H groups in total. The minimum Gasteiger partial charge on any atom is -0.323 e. The van der Waals surface area contributed by atoms with Crippen LogP contribution < -0.4 is 5.84 Å². The van der Waals surface area contributed by atoms with E-state index in [1.165, 1.54) is 12.8 Å². The van der Waals surface area contributed by atoms with E-state index < -0.39 is 0 Å². The second-order valence-electron chi connectivity index (χ2n) is 7.25. The van der Waals surface area contributed by atoms with E-state index in [-0.39, 0.29) is 0 Å². The van der Waals surface area contributed by atoms with Crippen LogP contribution in [0.4, 0.5) is 0 Å². The standard InChI is InChI=1S/C19H19ClN6/c1-10(25-21)7-22-9-18-24-16-8-23-15-3-2-12(20)6-14(15)19(16)26(18)17-5-11-4-13(11)17/h2-3,6-8,11,13,17H,4-5,9,21H2,1H3/t11-,13?,17-/m1/s1. The molecule has 2 fully saturated rings. The van der Waals surface area contributed by atoms with Gasteiger partial charge in [-0.3, -0.25) is 9.98 Å². The van der Waals surface area contributed by atoms with Crippen LogP contribution in [0.25, 0.3) is 21.9 Å². The van der Waals surface area contributed by atoms with Gasteiger partial charge in [0.2, 0.25) is 0 Å². The van der Waals surface area contributed by atoms with E-state index in [1.54, 1.807) is 6.21 Å². The van der Waals surface area contributed by atoms with Crippen molar-refractivity contribution in [2.75, 3.05) is 0 Å². The minimum absolute atomic E-state index is 0.498. The fourth-order valence-electron chi connectivity index (χ4n) is 4.16. The molecule has 3 aromatic rings. The van der Waals surface area contributed by atoms with Crippen molar-refractivity contribution in [1.29, 1.82) is 0 Å². The quantitative estimate of drug-likeness (QED) is 0.434. The van der Waals surface area contributed by atoms with Crippen LogP contribution in [0.15, 0.2) is 34.5 Å². The molecule has 0 aliphatic heterocycles. The summed E-state index contributed by atoms with van der Waals surface area (Å²) in [6, 6.07) is 6.34. The fraction of sp³-hybridized carbons (Fsp3) is 0.368. The molecule has 0 radical (unpaired) electrons. The average molecular weight is 367 g/mol. The second kappa shape index (κ2) is 5.77. The van der Waals surface area contributed by atoms with Gasteiger partial charge in [-0.2, -0.15) is 5.10 Å². The maximum absolute atomic E-state index is 6.27. The van der Waals surface area contributed by atoms with Crippen LogP contribution in [0.2, 0.25) is 5.02 Å². The van der Waals surface area contributed by atoms with Gasteiger partial charge in [0.1, 0.15) is 11.3 Å². The summed E-state index contributed by atoms with van der Waals surface area (Å²) < 4.78 is 2.39. The van der Waals surface area contributed by atoms with Crippen LogP contribution in [0.3, 0.4) is 0 Å². The Hall–Kier alpha value is -2.47. The van der Waals surface area contributed by atoms with Gasteiger partial charge in [0.05, 0.1) is 29.5 Å². The number of rotatable bonds is 4. The number of nitrogens with zero attached hydrogens (tertiary/aromatic N) is 5. The minimum atomic E-state index is 0.498. The molecule has 2 aliphatic rings. The smallest absolute Gasteiger partial charge is 0.131 e. The third-order valence-corrected chi connectivity index (χ3v) is 5.85. The monoisotopic (exact) mass is 366 g/mol. The van der Waals surface area contributed by atoms with Crippen molar-refractivity contribution >= 4 is 45.5 Å². The molecule has 132 valence electrons. The Balaban J connectivity index is 1.69. The van der Waals surface area contributed by atoms with Gasteiger partial charge in [0.25, 0.3) is 0 Å². The number of benzene rings is 1. The molecule has 0 saturated heterocycles.